The molecule has 0 saturated carbocycles. The van der Waals surface area contributed by atoms with E-state index in [9.17, 15) is 13.2 Å². The molecule has 0 atom stereocenters. The van der Waals surface area contributed by atoms with E-state index in [1.165, 1.54) is 4.31 Å². The van der Waals surface area contributed by atoms with E-state index >= 15 is 0 Å². The molecule has 4 rings (SSSR count). The average Bonchev–Trinajstić information content (AvgIpc) is 2.83. The first-order valence-corrected chi connectivity index (χ1v) is 11.9. The largest absolute Gasteiger partial charge is 0.489 e. The van der Waals surface area contributed by atoms with E-state index < -0.39 is 10.0 Å². The maximum atomic E-state index is 13.0. The summed E-state index contributed by atoms with van der Waals surface area (Å²) < 4.78 is 33.0. The van der Waals surface area contributed by atoms with Gasteiger partial charge in [-0.3, -0.25) is 9.78 Å². The van der Waals surface area contributed by atoms with Crippen LogP contribution < -0.4 is 4.74 Å². The summed E-state index contributed by atoms with van der Waals surface area (Å²) in [7, 11) is -3.56. The predicted octanol–water partition coefficient (Wildman–Crippen LogP) is 3.12. The Labute approximate surface area is 188 Å². The van der Waals surface area contributed by atoms with Crippen LogP contribution in [0.3, 0.4) is 0 Å². The van der Waals surface area contributed by atoms with Gasteiger partial charge in [0, 0.05) is 49.7 Å². The van der Waals surface area contributed by atoms with Crippen molar-refractivity contribution >= 4 is 15.9 Å². The molecule has 1 aliphatic rings. The lowest BCUT2D eigenvalue weighted by atomic mass is 10.1. The molecule has 2 aromatic carbocycles. The summed E-state index contributed by atoms with van der Waals surface area (Å²) in [6, 6.07) is 17.6. The quantitative estimate of drug-likeness (QED) is 0.575. The summed E-state index contributed by atoms with van der Waals surface area (Å²) in [5.41, 5.74) is 2.46. The molecule has 1 aliphatic heterocycles. The molecule has 3 aromatic rings. The third-order valence-electron chi connectivity index (χ3n) is 5.39. The molecule has 1 saturated heterocycles. The van der Waals surface area contributed by atoms with Crippen LogP contribution in [0.5, 0.6) is 5.75 Å². The number of aryl methyl sites for hydroxylation is 1. The fourth-order valence-corrected chi connectivity index (χ4v) is 4.96. The number of sulfonamides is 1. The minimum Gasteiger partial charge on any atom is -0.489 e. The Balaban J connectivity index is 1.37. The molecule has 0 radical (unpaired) electrons. The second-order valence-electron chi connectivity index (χ2n) is 7.69. The third-order valence-corrected chi connectivity index (χ3v) is 7.31. The highest BCUT2D eigenvalue weighted by molar-refractivity contribution is 7.89. The van der Waals surface area contributed by atoms with Crippen molar-refractivity contribution in [2.24, 2.45) is 0 Å². The Morgan fingerprint density at radius 2 is 1.75 bits per heavy atom. The van der Waals surface area contributed by atoms with Crippen LogP contribution in [-0.4, -0.2) is 54.7 Å². The van der Waals surface area contributed by atoms with E-state index in [4.69, 9.17) is 4.74 Å². The molecule has 1 aromatic heterocycles. The predicted molar refractivity (Wildman–Crippen MR) is 121 cm³/mol. The second kappa shape index (κ2) is 9.50. The van der Waals surface area contributed by atoms with Crippen molar-refractivity contribution in [1.82, 2.24) is 14.2 Å². The molecule has 2 heterocycles. The van der Waals surface area contributed by atoms with E-state index in [0.29, 0.717) is 31.0 Å². The van der Waals surface area contributed by atoms with Crippen molar-refractivity contribution in [3.63, 3.8) is 0 Å². The molecule has 0 bridgehead atoms. The molecule has 0 aliphatic carbocycles. The maximum absolute atomic E-state index is 13.0. The number of benzene rings is 2. The Kier molecular flexibility index (Phi) is 6.53. The summed E-state index contributed by atoms with van der Waals surface area (Å²) in [5.74, 6) is 0.462. The topological polar surface area (TPSA) is 79.8 Å². The molecule has 7 nitrogen and oxygen atoms in total. The van der Waals surface area contributed by atoms with Crippen molar-refractivity contribution in [2.75, 3.05) is 26.2 Å². The van der Waals surface area contributed by atoms with Gasteiger partial charge in [0.25, 0.3) is 5.91 Å². The lowest BCUT2D eigenvalue weighted by Gasteiger charge is -2.34. The molecule has 1 amide bonds. The molecule has 166 valence electrons. The Morgan fingerprint density at radius 3 is 2.44 bits per heavy atom. The first-order chi connectivity index (χ1) is 15.4. The number of hydrogen-bond acceptors (Lipinski definition) is 5. The monoisotopic (exact) mass is 451 g/mol. The highest BCUT2D eigenvalue weighted by atomic mass is 32.2. The van der Waals surface area contributed by atoms with Gasteiger partial charge in [-0.2, -0.15) is 4.31 Å². The Hall–Kier alpha value is -3.23. The Bertz CT molecular complexity index is 1170. The molecule has 0 spiro atoms. The third kappa shape index (κ3) is 4.98. The maximum Gasteiger partial charge on any atom is 0.254 e. The van der Waals surface area contributed by atoms with Gasteiger partial charge in [-0.1, -0.05) is 29.8 Å². The highest BCUT2D eigenvalue weighted by Gasteiger charge is 2.30. The van der Waals surface area contributed by atoms with Crippen LogP contribution in [0.4, 0.5) is 0 Å². The lowest BCUT2D eigenvalue weighted by molar-refractivity contribution is 0.0697. The van der Waals surface area contributed by atoms with Crippen LogP contribution in [0.25, 0.3) is 0 Å². The molecule has 0 N–H and O–H groups in total. The minimum atomic E-state index is -3.56. The SMILES string of the molecule is Cc1ccc(S(=O)(=O)N2CCN(C(=O)c3cccc(OCc4cccnc4)c3)CC2)cc1. The van der Waals surface area contributed by atoms with Crippen LogP contribution in [0.15, 0.2) is 78.0 Å². The van der Waals surface area contributed by atoms with Crippen LogP contribution >= 0.6 is 0 Å². The second-order valence-corrected chi connectivity index (χ2v) is 9.63. The number of carbonyl (C=O) groups is 1. The number of amides is 1. The summed E-state index contributed by atoms with van der Waals surface area (Å²) in [5, 5.41) is 0. The number of pyridine rings is 1. The van der Waals surface area contributed by atoms with Crippen LogP contribution in [0.2, 0.25) is 0 Å². The van der Waals surface area contributed by atoms with Gasteiger partial charge in [-0.25, -0.2) is 8.42 Å². The normalized spacial score (nSPS) is 14.8. The Morgan fingerprint density at radius 1 is 1.00 bits per heavy atom. The zero-order chi connectivity index (χ0) is 22.6. The average molecular weight is 452 g/mol. The number of nitrogens with zero attached hydrogens (tertiary/aromatic N) is 3. The van der Waals surface area contributed by atoms with Crippen molar-refractivity contribution in [2.45, 2.75) is 18.4 Å². The van der Waals surface area contributed by atoms with Gasteiger partial charge in [0.15, 0.2) is 0 Å². The fourth-order valence-electron chi connectivity index (χ4n) is 3.54. The molecule has 8 heteroatoms. The van der Waals surface area contributed by atoms with Gasteiger partial charge < -0.3 is 9.64 Å². The molecular weight excluding hydrogens is 426 g/mol. The van der Waals surface area contributed by atoms with E-state index in [-0.39, 0.29) is 23.9 Å². The first-order valence-electron chi connectivity index (χ1n) is 10.4. The fraction of sp³-hybridized carbons (Fsp3) is 0.250. The zero-order valence-electron chi connectivity index (χ0n) is 17.8. The number of aromatic nitrogens is 1. The molecule has 1 fully saturated rings. The van der Waals surface area contributed by atoms with Crippen LogP contribution in [0.1, 0.15) is 21.5 Å². The molecule has 32 heavy (non-hydrogen) atoms. The summed E-state index contributed by atoms with van der Waals surface area (Å²) in [6.07, 6.45) is 3.44. The lowest BCUT2D eigenvalue weighted by Crippen LogP contribution is -2.50. The zero-order valence-corrected chi connectivity index (χ0v) is 18.7. The van der Waals surface area contributed by atoms with Gasteiger partial charge >= 0.3 is 0 Å². The number of piperazine rings is 1. The van der Waals surface area contributed by atoms with Crippen molar-refractivity contribution in [3.05, 3.63) is 89.7 Å². The molecular formula is C24H25N3O4S. The van der Waals surface area contributed by atoms with Crippen molar-refractivity contribution in [3.8, 4) is 5.75 Å². The van der Waals surface area contributed by atoms with Crippen molar-refractivity contribution in [1.29, 1.82) is 0 Å². The van der Waals surface area contributed by atoms with Gasteiger partial charge in [0.05, 0.1) is 4.90 Å². The smallest absolute Gasteiger partial charge is 0.254 e. The summed E-state index contributed by atoms with van der Waals surface area (Å²) in [6.45, 7) is 3.48. The van der Waals surface area contributed by atoms with E-state index in [1.807, 2.05) is 19.1 Å². The van der Waals surface area contributed by atoms with Gasteiger partial charge in [0.1, 0.15) is 12.4 Å². The van der Waals surface area contributed by atoms with Gasteiger partial charge in [0.2, 0.25) is 10.0 Å². The molecule has 0 unspecified atom stereocenters. The van der Waals surface area contributed by atoms with Crippen molar-refractivity contribution < 1.29 is 17.9 Å². The number of hydrogen-bond donors (Lipinski definition) is 0. The van der Waals surface area contributed by atoms with Crippen LogP contribution in [-0.2, 0) is 16.6 Å². The number of rotatable bonds is 6. The van der Waals surface area contributed by atoms with Gasteiger partial charge in [-0.05, 0) is 43.3 Å². The van der Waals surface area contributed by atoms with E-state index in [0.717, 1.165) is 11.1 Å². The van der Waals surface area contributed by atoms with E-state index in [1.54, 1.807) is 65.8 Å². The van der Waals surface area contributed by atoms with E-state index in [2.05, 4.69) is 4.98 Å². The first kappa shape index (κ1) is 22.0. The summed E-state index contributed by atoms with van der Waals surface area (Å²) in [4.78, 5) is 19.0. The minimum absolute atomic E-state index is 0.135. The summed E-state index contributed by atoms with van der Waals surface area (Å²) >= 11 is 0. The van der Waals surface area contributed by atoms with Gasteiger partial charge in [-0.15, -0.1) is 0 Å². The standard InChI is InChI=1S/C24H25N3O4S/c1-19-7-9-23(10-8-19)32(29,30)27-14-12-26(13-15-27)24(28)21-5-2-6-22(16-21)31-18-20-4-3-11-25-17-20/h2-11,16-17H,12-15,18H2,1H3. The number of carbonyl (C=O) groups excluding carboxylic acids is 1. The van der Waals surface area contributed by atoms with Crippen LogP contribution in [0, 0.1) is 6.92 Å². The highest BCUT2D eigenvalue weighted by Crippen LogP contribution is 2.21. The number of ether oxygens (including phenoxy) is 1.